The SMILES string of the molecule is CCC(N)Cc1ccc(OCc2ncnn2C)cc1. The van der Waals surface area contributed by atoms with Crippen LogP contribution in [0.15, 0.2) is 30.6 Å². The van der Waals surface area contributed by atoms with Gasteiger partial charge in [-0.3, -0.25) is 4.68 Å². The molecular weight excluding hydrogens is 240 g/mol. The Morgan fingerprint density at radius 2 is 2.05 bits per heavy atom. The van der Waals surface area contributed by atoms with E-state index in [0.29, 0.717) is 6.61 Å². The predicted octanol–water partition coefficient (Wildman–Crippen LogP) is 1.67. The first-order valence-electron chi connectivity index (χ1n) is 6.49. The fourth-order valence-corrected chi connectivity index (χ4v) is 1.77. The molecule has 0 saturated carbocycles. The number of hydrogen-bond acceptors (Lipinski definition) is 4. The highest BCUT2D eigenvalue weighted by atomic mass is 16.5. The molecule has 1 unspecified atom stereocenters. The molecule has 0 fully saturated rings. The van der Waals surface area contributed by atoms with Gasteiger partial charge in [0.1, 0.15) is 18.7 Å². The topological polar surface area (TPSA) is 66.0 Å². The molecule has 1 atom stereocenters. The Bertz CT molecular complexity index is 506. The Hall–Kier alpha value is -1.88. The fourth-order valence-electron chi connectivity index (χ4n) is 1.77. The number of ether oxygens (including phenoxy) is 1. The van der Waals surface area contributed by atoms with Crippen LogP contribution in [-0.4, -0.2) is 20.8 Å². The minimum absolute atomic E-state index is 0.227. The van der Waals surface area contributed by atoms with Crippen LogP contribution in [0.3, 0.4) is 0 Å². The molecule has 0 aliphatic heterocycles. The van der Waals surface area contributed by atoms with E-state index in [1.54, 1.807) is 4.68 Å². The summed E-state index contributed by atoms with van der Waals surface area (Å²) in [7, 11) is 1.85. The molecule has 102 valence electrons. The van der Waals surface area contributed by atoms with Crippen LogP contribution in [-0.2, 0) is 20.1 Å². The van der Waals surface area contributed by atoms with Gasteiger partial charge in [0.2, 0.25) is 0 Å². The molecule has 0 bridgehead atoms. The van der Waals surface area contributed by atoms with Crippen molar-refractivity contribution in [3.8, 4) is 5.75 Å². The summed E-state index contributed by atoms with van der Waals surface area (Å²) in [5.41, 5.74) is 7.17. The molecule has 2 N–H and O–H groups in total. The van der Waals surface area contributed by atoms with Crippen molar-refractivity contribution in [2.24, 2.45) is 12.8 Å². The van der Waals surface area contributed by atoms with Gasteiger partial charge in [0.15, 0.2) is 5.82 Å². The zero-order valence-electron chi connectivity index (χ0n) is 11.4. The van der Waals surface area contributed by atoms with Crippen LogP contribution in [0.1, 0.15) is 24.7 Å². The molecule has 1 aromatic heterocycles. The molecule has 19 heavy (non-hydrogen) atoms. The summed E-state index contributed by atoms with van der Waals surface area (Å²) < 4.78 is 7.37. The van der Waals surface area contributed by atoms with Crippen molar-refractivity contribution in [1.29, 1.82) is 0 Å². The Balaban J connectivity index is 1.90. The summed E-state index contributed by atoms with van der Waals surface area (Å²) in [6, 6.07) is 8.27. The first kappa shape index (κ1) is 13.5. The van der Waals surface area contributed by atoms with Crippen LogP contribution < -0.4 is 10.5 Å². The first-order chi connectivity index (χ1) is 9.19. The Morgan fingerprint density at radius 1 is 1.32 bits per heavy atom. The average molecular weight is 260 g/mol. The standard InChI is InChI=1S/C14H20N4O/c1-3-12(15)8-11-4-6-13(7-5-11)19-9-14-16-10-17-18(14)2/h4-7,10,12H,3,8-9,15H2,1-2H3. The highest BCUT2D eigenvalue weighted by Gasteiger charge is 2.03. The number of rotatable bonds is 6. The summed E-state index contributed by atoms with van der Waals surface area (Å²) in [4.78, 5) is 4.11. The lowest BCUT2D eigenvalue weighted by molar-refractivity contribution is 0.289. The van der Waals surface area contributed by atoms with Gasteiger partial charge in [-0.2, -0.15) is 5.10 Å². The quantitative estimate of drug-likeness (QED) is 0.858. The zero-order valence-corrected chi connectivity index (χ0v) is 11.4. The van der Waals surface area contributed by atoms with Gasteiger partial charge in [-0.25, -0.2) is 4.98 Å². The van der Waals surface area contributed by atoms with Crippen LogP contribution in [0.2, 0.25) is 0 Å². The lowest BCUT2D eigenvalue weighted by Gasteiger charge is -2.10. The van der Waals surface area contributed by atoms with E-state index in [0.717, 1.165) is 24.4 Å². The third-order valence-electron chi connectivity index (χ3n) is 3.12. The first-order valence-corrected chi connectivity index (χ1v) is 6.49. The maximum atomic E-state index is 5.93. The van der Waals surface area contributed by atoms with Crippen molar-refractivity contribution in [2.45, 2.75) is 32.4 Å². The van der Waals surface area contributed by atoms with E-state index in [2.05, 4.69) is 29.1 Å². The predicted molar refractivity (Wildman–Crippen MR) is 73.7 cm³/mol. The van der Waals surface area contributed by atoms with Crippen molar-refractivity contribution in [3.05, 3.63) is 42.0 Å². The Kier molecular flexibility index (Phi) is 4.52. The lowest BCUT2D eigenvalue weighted by Crippen LogP contribution is -2.21. The van der Waals surface area contributed by atoms with Crippen molar-refractivity contribution < 1.29 is 4.74 Å². The van der Waals surface area contributed by atoms with Crippen molar-refractivity contribution in [3.63, 3.8) is 0 Å². The molecule has 0 aliphatic carbocycles. The number of aryl methyl sites for hydroxylation is 1. The molecule has 0 aliphatic rings. The van der Waals surface area contributed by atoms with Gasteiger partial charge in [-0.1, -0.05) is 19.1 Å². The fraction of sp³-hybridized carbons (Fsp3) is 0.429. The zero-order chi connectivity index (χ0) is 13.7. The van der Waals surface area contributed by atoms with Crippen LogP contribution in [0, 0.1) is 0 Å². The maximum absolute atomic E-state index is 5.93. The van der Waals surface area contributed by atoms with Gasteiger partial charge in [0.05, 0.1) is 0 Å². The summed E-state index contributed by atoms with van der Waals surface area (Å²) in [6.45, 7) is 2.52. The van der Waals surface area contributed by atoms with Gasteiger partial charge >= 0.3 is 0 Å². The maximum Gasteiger partial charge on any atom is 0.164 e. The normalized spacial score (nSPS) is 12.4. The summed E-state index contributed by atoms with van der Waals surface area (Å²) in [6.07, 6.45) is 3.42. The lowest BCUT2D eigenvalue weighted by atomic mass is 10.0. The molecule has 1 aromatic carbocycles. The van der Waals surface area contributed by atoms with Gasteiger partial charge in [0, 0.05) is 13.1 Å². The van der Waals surface area contributed by atoms with Crippen LogP contribution >= 0.6 is 0 Å². The summed E-state index contributed by atoms with van der Waals surface area (Å²) in [5.74, 6) is 1.63. The minimum Gasteiger partial charge on any atom is -0.486 e. The van der Waals surface area contributed by atoms with Gasteiger partial charge in [0.25, 0.3) is 0 Å². The van der Waals surface area contributed by atoms with E-state index in [1.807, 2.05) is 19.2 Å². The average Bonchev–Trinajstić information content (AvgIpc) is 2.83. The summed E-state index contributed by atoms with van der Waals surface area (Å²) in [5, 5.41) is 4.00. The number of benzene rings is 1. The highest BCUT2D eigenvalue weighted by molar-refractivity contribution is 5.27. The van der Waals surface area contributed by atoms with Crippen LogP contribution in [0.5, 0.6) is 5.75 Å². The highest BCUT2D eigenvalue weighted by Crippen LogP contribution is 2.14. The van der Waals surface area contributed by atoms with Gasteiger partial charge in [-0.15, -0.1) is 0 Å². The molecule has 0 saturated heterocycles. The molecule has 0 radical (unpaired) electrons. The van der Waals surface area contributed by atoms with Crippen molar-refractivity contribution in [2.75, 3.05) is 0 Å². The van der Waals surface area contributed by atoms with Gasteiger partial charge < -0.3 is 10.5 Å². The van der Waals surface area contributed by atoms with Crippen LogP contribution in [0.4, 0.5) is 0 Å². The minimum atomic E-state index is 0.227. The molecule has 2 rings (SSSR count). The number of nitrogens with zero attached hydrogens (tertiary/aromatic N) is 3. The van der Waals surface area contributed by atoms with Gasteiger partial charge in [-0.05, 0) is 30.5 Å². The van der Waals surface area contributed by atoms with E-state index in [4.69, 9.17) is 10.5 Å². The van der Waals surface area contributed by atoms with E-state index < -0.39 is 0 Å². The third kappa shape index (κ3) is 3.79. The summed E-state index contributed by atoms with van der Waals surface area (Å²) >= 11 is 0. The van der Waals surface area contributed by atoms with Crippen LogP contribution in [0.25, 0.3) is 0 Å². The monoisotopic (exact) mass is 260 g/mol. The number of nitrogens with two attached hydrogens (primary N) is 1. The number of aromatic nitrogens is 3. The van der Waals surface area contributed by atoms with E-state index in [-0.39, 0.29) is 6.04 Å². The van der Waals surface area contributed by atoms with Crippen molar-refractivity contribution >= 4 is 0 Å². The van der Waals surface area contributed by atoms with E-state index in [9.17, 15) is 0 Å². The number of hydrogen-bond donors (Lipinski definition) is 1. The molecule has 0 spiro atoms. The molecule has 2 aromatic rings. The van der Waals surface area contributed by atoms with E-state index in [1.165, 1.54) is 11.9 Å². The van der Waals surface area contributed by atoms with E-state index >= 15 is 0 Å². The molecule has 1 heterocycles. The largest absolute Gasteiger partial charge is 0.486 e. The molecular formula is C14H20N4O. The molecule has 0 amide bonds. The Morgan fingerprint density at radius 3 is 2.63 bits per heavy atom. The van der Waals surface area contributed by atoms with Crippen molar-refractivity contribution in [1.82, 2.24) is 14.8 Å². The second kappa shape index (κ2) is 6.33. The second-order valence-electron chi connectivity index (χ2n) is 4.60. The second-order valence-corrected chi connectivity index (χ2v) is 4.60. The smallest absolute Gasteiger partial charge is 0.164 e. The third-order valence-corrected chi connectivity index (χ3v) is 3.12. The molecule has 5 nitrogen and oxygen atoms in total. The Labute approximate surface area is 113 Å². The molecule has 5 heteroatoms.